The second-order valence-electron chi connectivity index (χ2n) is 5.18. The Hall–Kier alpha value is -2.50. The first kappa shape index (κ1) is 13.5. The summed E-state index contributed by atoms with van der Waals surface area (Å²) in [6.45, 7) is 0.687. The SMILES string of the molecule is O=C(CNC(=O)c1ccnc2ccncc12)NCC1CC1. The number of fused-ring (bicyclic) bond motifs is 1. The highest BCUT2D eigenvalue weighted by Gasteiger charge is 2.21. The highest BCUT2D eigenvalue weighted by atomic mass is 16.2. The zero-order valence-corrected chi connectivity index (χ0v) is 11.5. The maximum Gasteiger partial charge on any atom is 0.252 e. The number of rotatable bonds is 5. The molecule has 2 amide bonds. The molecule has 108 valence electrons. The van der Waals surface area contributed by atoms with Gasteiger partial charge in [0.2, 0.25) is 5.91 Å². The van der Waals surface area contributed by atoms with Gasteiger partial charge in [0.1, 0.15) is 0 Å². The molecule has 2 N–H and O–H groups in total. The van der Waals surface area contributed by atoms with Crippen molar-refractivity contribution in [3.8, 4) is 0 Å². The van der Waals surface area contributed by atoms with Crippen molar-refractivity contribution in [3.63, 3.8) is 0 Å². The molecule has 0 unspecified atom stereocenters. The standard InChI is InChI=1S/C15H16N4O2/c20-14(18-7-10-1-2-10)9-19-15(21)11-3-6-17-13-4-5-16-8-12(11)13/h3-6,8,10H,1-2,7,9H2,(H,18,20)(H,19,21). The molecule has 6 nitrogen and oxygen atoms in total. The topological polar surface area (TPSA) is 84.0 Å². The monoisotopic (exact) mass is 284 g/mol. The molecule has 21 heavy (non-hydrogen) atoms. The van der Waals surface area contributed by atoms with Crippen LogP contribution in [0, 0.1) is 5.92 Å². The molecule has 2 aromatic heterocycles. The van der Waals surface area contributed by atoms with Crippen LogP contribution in [0.3, 0.4) is 0 Å². The minimum absolute atomic E-state index is 0.0182. The third kappa shape index (κ3) is 3.34. The molecule has 0 aromatic carbocycles. The van der Waals surface area contributed by atoms with Gasteiger partial charge < -0.3 is 10.6 Å². The summed E-state index contributed by atoms with van der Waals surface area (Å²) in [7, 11) is 0. The molecule has 2 aromatic rings. The number of hydrogen-bond donors (Lipinski definition) is 2. The molecule has 0 radical (unpaired) electrons. The first-order valence-corrected chi connectivity index (χ1v) is 6.97. The lowest BCUT2D eigenvalue weighted by Gasteiger charge is -2.08. The van der Waals surface area contributed by atoms with Gasteiger partial charge >= 0.3 is 0 Å². The molecule has 3 rings (SSSR count). The van der Waals surface area contributed by atoms with Crippen LogP contribution in [0.25, 0.3) is 10.9 Å². The molecule has 1 aliphatic carbocycles. The molecule has 0 spiro atoms. The average molecular weight is 284 g/mol. The van der Waals surface area contributed by atoms with Crippen LogP contribution in [0.4, 0.5) is 0 Å². The van der Waals surface area contributed by atoms with Crippen molar-refractivity contribution < 1.29 is 9.59 Å². The lowest BCUT2D eigenvalue weighted by molar-refractivity contribution is -0.120. The Labute approximate surface area is 122 Å². The van der Waals surface area contributed by atoms with Gasteiger partial charge in [0.15, 0.2) is 0 Å². The predicted octanol–water partition coefficient (Wildman–Crippen LogP) is 0.886. The maximum atomic E-state index is 12.2. The first-order chi connectivity index (χ1) is 10.2. The summed E-state index contributed by atoms with van der Waals surface area (Å²) in [4.78, 5) is 32.0. The van der Waals surface area contributed by atoms with Crippen LogP contribution in [-0.2, 0) is 4.79 Å². The molecule has 1 fully saturated rings. The normalized spacial score (nSPS) is 13.9. The number of nitrogens with one attached hydrogen (secondary N) is 2. The van der Waals surface area contributed by atoms with Crippen LogP contribution in [0.5, 0.6) is 0 Å². The van der Waals surface area contributed by atoms with Gasteiger partial charge in [-0.05, 0) is 30.9 Å². The van der Waals surface area contributed by atoms with Crippen molar-refractivity contribution in [2.24, 2.45) is 5.92 Å². The number of pyridine rings is 2. The number of carbonyl (C=O) groups excluding carboxylic acids is 2. The maximum absolute atomic E-state index is 12.2. The molecule has 0 aliphatic heterocycles. The summed E-state index contributed by atoms with van der Waals surface area (Å²) in [6, 6.07) is 3.37. The van der Waals surface area contributed by atoms with Crippen molar-refractivity contribution in [3.05, 3.63) is 36.3 Å². The van der Waals surface area contributed by atoms with E-state index in [0.29, 0.717) is 28.9 Å². The fourth-order valence-electron chi connectivity index (χ4n) is 2.09. The van der Waals surface area contributed by atoms with Crippen LogP contribution in [0.15, 0.2) is 30.7 Å². The summed E-state index contributed by atoms with van der Waals surface area (Å²) in [5.74, 6) is 0.170. The number of hydrogen-bond acceptors (Lipinski definition) is 4. The first-order valence-electron chi connectivity index (χ1n) is 6.97. The van der Waals surface area contributed by atoms with E-state index in [1.165, 1.54) is 12.8 Å². The van der Waals surface area contributed by atoms with Gasteiger partial charge in [0.25, 0.3) is 5.91 Å². The summed E-state index contributed by atoms with van der Waals surface area (Å²) in [5, 5.41) is 6.12. The minimum atomic E-state index is -0.294. The van der Waals surface area contributed by atoms with Crippen LogP contribution < -0.4 is 10.6 Å². The fraction of sp³-hybridized carbons (Fsp3) is 0.333. The summed E-state index contributed by atoms with van der Waals surface area (Å²) >= 11 is 0. The van der Waals surface area contributed by atoms with Crippen LogP contribution in [-0.4, -0.2) is 34.9 Å². The molecule has 2 heterocycles. The lowest BCUT2D eigenvalue weighted by atomic mass is 10.1. The Morgan fingerprint density at radius 3 is 2.86 bits per heavy atom. The van der Waals surface area contributed by atoms with E-state index in [-0.39, 0.29) is 18.4 Å². The number of carbonyl (C=O) groups is 2. The molecule has 0 saturated heterocycles. The Morgan fingerprint density at radius 1 is 1.19 bits per heavy atom. The van der Waals surface area contributed by atoms with Crippen LogP contribution in [0.2, 0.25) is 0 Å². The van der Waals surface area contributed by atoms with Crippen molar-refractivity contribution in [2.45, 2.75) is 12.8 Å². The van der Waals surface area contributed by atoms with E-state index in [0.717, 1.165) is 0 Å². The van der Waals surface area contributed by atoms with Gasteiger partial charge in [-0.15, -0.1) is 0 Å². The fourth-order valence-corrected chi connectivity index (χ4v) is 2.09. The number of nitrogens with zero attached hydrogens (tertiary/aromatic N) is 2. The van der Waals surface area contributed by atoms with E-state index in [2.05, 4.69) is 20.6 Å². The Morgan fingerprint density at radius 2 is 2.05 bits per heavy atom. The van der Waals surface area contributed by atoms with Crippen LogP contribution >= 0.6 is 0 Å². The molecule has 0 bridgehead atoms. The largest absolute Gasteiger partial charge is 0.354 e. The van der Waals surface area contributed by atoms with Gasteiger partial charge in [-0.25, -0.2) is 0 Å². The van der Waals surface area contributed by atoms with Crippen molar-refractivity contribution >= 4 is 22.7 Å². The summed E-state index contributed by atoms with van der Waals surface area (Å²) < 4.78 is 0. The van der Waals surface area contributed by atoms with E-state index in [1.54, 1.807) is 30.7 Å². The molecular weight excluding hydrogens is 268 g/mol. The van der Waals surface area contributed by atoms with Crippen molar-refractivity contribution in [1.82, 2.24) is 20.6 Å². The second-order valence-corrected chi connectivity index (χ2v) is 5.18. The van der Waals surface area contributed by atoms with Gasteiger partial charge in [-0.1, -0.05) is 0 Å². The lowest BCUT2D eigenvalue weighted by Crippen LogP contribution is -2.37. The van der Waals surface area contributed by atoms with E-state index < -0.39 is 0 Å². The van der Waals surface area contributed by atoms with Gasteiger partial charge in [0, 0.05) is 30.5 Å². The quantitative estimate of drug-likeness (QED) is 0.854. The minimum Gasteiger partial charge on any atom is -0.354 e. The van der Waals surface area contributed by atoms with E-state index in [1.807, 2.05) is 0 Å². The molecule has 1 saturated carbocycles. The summed E-state index contributed by atoms with van der Waals surface area (Å²) in [5.41, 5.74) is 1.18. The second kappa shape index (κ2) is 5.87. The predicted molar refractivity (Wildman–Crippen MR) is 77.6 cm³/mol. The Bertz CT molecular complexity index is 677. The van der Waals surface area contributed by atoms with E-state index >= 15 is 0 Å². The zero-order chi connectivity index (χ0) is 14.7. The van der Waals surface area contributed by atoms with E-state index in [9.17, 15) is 9.59 Å². The number of amides is 2. The summed E-state index contributed by atoms with van der Waals surface area (Å²) in [6.07, 6.45) is 7.17. The molecule has 1 aliphatic rings. The highest BCUT2D eigenvalue weighted by molar-refractivity contribution is 6.06. The van der Waals surface area contributed by atoms with Crippen molar-refractivity contribution in [1.29, 1.82) is 0 Å². The smallest absolute Gasteiger partial charge is 0.252 e. The highest BCUT2D eigenvalue weighted by Crippen LogP contribution is 2.27. The average Bonchev–Trinajstić information content (AvgIpc) is 3.34. The Balaban J connectivity index is 1.62. The Kier molecular flexibility index (Phi) is 3.77. The van der Waals surface area contributed by atoms with Crippen LogP contribution in [0.1, 0.15) is 23.2 Å². The van der Waals surface area contributed by atoms with Gasteiger partial charge in [-0.2, -0.15) is 0 Å². The zero-order valence-electron chi connectivity index (χ0n) is 11.5. The van der Waals surface area contributed by atoms with Gasteiger partial charge in [0.05, 0.1) is 17.6 Å². The van der Waals surface area contributed by atoms with Crippen molar-refractivity contribution in [2.75, 3.05) is 13.1 Å². The number of aromatic nitrogens is 2. The molecular formula is C15H16N4O2. The molecule has 6 heteroatoms. The van der Waals surface area contributed by atoms with Gasteiger partial charge in [-0.3, -0.25) is 19.6 Å². The third-order valence-corrected chi connectivity index (χ3v) is 3.48. The van der Waals surface area contributed by atoms with E-state index in [4.69, 9.17) is 0 Å². The molecule has 0 atom stereocenters. The third-order valence-electron chi connectivity index (χ3n) is 3.48.